The number of nitrogens with two attached hydrogens (primary N) is 1. The second-order valence-electron chi connectivity index (χ2n) is 7.40. The maximum absolute atomic E-state index is 13.5. The predicted octanol–water partition coefficient (Wildman–Crippen LogP) is 3.59. The highest BCUT2D eigenvalue weighted by Gasteiger charge is 2.29. The number of nitrogen functional groups attached to an aromatic ring is 1. The molecule has 0 aliphatic heterocycles. The number of anilines is 3. The molecular weight excluding hydrogens is 414 g/mol. The highest BCUT2D eigenvalue weighted by Crippen LogP contribution is 2.33. The zero-order chi connectivity index (χ0) is 22.6. The molecule has 31 heavy (non-hydrogen) atoms. The fraction of sp³-hybridized carbons (Fsp3) is 0.273. The summed E-state index contributed by atoms with van der Waals surface area (Å²) in [4.78, 5) is 0.130. The maximum Gasteiger partial charge on any atom is 0.264 e. The van der Waals surface area contributed by atoms with Crippen LogP contribution in [0.2, 0.25) is 0 Å². The van der Waals surface area contributed by atoms with E-state index in [4.69, 9.17) is 10.5 Å². The third-order valence-electron chi connectivity index (χ3n) is 4.82. The van der Waals surface area contributed by atoms with Gasteiger partial charge in [0.15, 0.2) is 0 Å². The number of nitrogens with one attached hydrogen (secondary N) is 1. The van der Waals surface area contributed by atoms with Crippen LogP contribution in [0.3, 0.4) is 0 Å². The van der Waals surface area contributed by atoms with Crippen LogP contribution in [0.5, 0.6) is 5.75 Å². The summed E-state index contributed by atoms with van der Waals surface area (Å²) in [7, 11) is -2.26. The molecule has 3 rings (SSSR count). The first-order valence-corrected chi connectivity index (χ1v) is 11.3. The minimum absolute atomic E-state index is 0.130. The van der Waals surface area contributed by atoms with Crippen LogP contribution in [0.15, 0.2) is 59.8 Å². The van der Waals surface area contributed by atoms with Crippen LogP contribution in [-0.2, 0) is 16.6 Å². The van der Waals surface area contributed by atoms with Crippen LogP contribution in [0, 0.1) is 6.92 Å². The van der Waals surface area contributed by atoms with Gasteiger partial charge >= 0.3 is 0 Å². The van der Waals surface area contributed by atoms with Gasteiger partial charge < -0.3 is 15.8 Å². The van der Waals surface area contributed by atoms with Gasteiger partial charge in [0, 0.05) is 18.8 Å². The summed E-state index contributed by atoms with van der Waals surface area (Å²) in [5, 5.41) is 10.8. The van der Waals surface area contributed by atoms with E-state index < -0.39 is 10.0 Å². The van der Waals surface area contributed by atoms with Gasteiger partial charge in [-0.25, -0.2) is 8.42 Å². The van der Waals surface area contributed by atoms with E-state index in [2.05, 4.69) is 15.5 Å². The molecule has 0 spiro atoms. The summed E-state index contributed by atoms with van der Waals surface area (Å²) in [6, 6.07) is 11.6. The molecule has 3 N–H and O–H groups in total. The van der Waals surface area contributed by atoms with Crippen molar-refractivity contribution in [2.24, 2.45) is 0 Å². The van der Waals surface area contributed by atoms with Crippen LogP contribution >= 0.6 is 0 Å². The number of nitrogens with zero attached hydrogens (tertiary/aromatic N) is 3. The van der Waals surface area contributed by atoms with E-state index in [1.54, 1.807) is 43.8 Å². The standard InChI is InChI=1S/C22H27N5O3S/c1-15(2)27(22-8-5-18(30-4)11-16(22)3)31(28,29)19-6-7-21(20(23)12-19)24-13-17-9-10-25-26-14-17/h5-12,14-15,24H,13,23H2,1-4H3. The fourth-order valence-electron chi connectivity index (χ4n) is 3.28. The van der Waals surface area contributed by atoms with Crippen LogP contribution in [0.1, 0.15) is 25.0 Å². The Morgan fingerprint density at radius 2 is 1.90 bits per heavy atom. The molecule has 2 aromatic carbocycles. The molecule has 0 radical (unpaired) electrons. The Balaban J connectivity index is 1.91. The zero-order valence-corrected chi connectivity index (χ0v) is 18.8. The van der Waals surface area contributed by atoms with Crippen molar-refractivity contribution in [3.8, 4) is 5.75 Å². The topological polar surface area (TPSA) is 110 Å². The molecule has 0 saturated carbocycles. The molecule has 0 bridgehead atoms. The summed E-state index contributed by atoms with van der Waals surface area (Å²) in [5.41, 5.74) is 9.50. The van der Waals surface area contributed by atoms with Crippen LogP contribution in [-0.4, -0.2) is 31.8 Å². The van der Waals surface area contributed by atoms with Crippen molar-refractivity contribution in [3.05, 3.63) is 66.0 Å². The van der Waals surface area contributed by atoms with E-state index in [1.807, 2.05) is 32.9 Å². The second-order valence-corrected chi connectivity index (χ2v) is 9.22. The lowest BCUT2D eigenvalue weighted by Crippen LogP contribution is -2.37. The molecule has 1 heterocycles. The average Bonchev–Trinajstić information content (AvgIpc) is 2.74. The van der Waals surface area contributed by atoms with Gasteiger partial charge in [-0.1, -0.05) is 0 Å². The second kappa shape index (κ2) is 9.22. The summed E-state index contributed by atoms with van der Waals surface area (Å²) in [6.45, 7) is 6.03. The molecule has 1 aromatic heterocycles. The number of methoxy groups -OCH3 is 1. The molecule has 3 aromatic rings. The van der Waals surface area contributed by atoms with Crippen LogP contribution in [0.4, 0.5) is 17.1 Å². The zero-order valence-electron chi connectivity index (χ0n) is 18.0. The summed E-state index contributed by atoms with van der Waals surface area (Å²) >= 11 is 0. The average molecular weight is 442 g/mol. The fourth-order valence-corrected chi connectivity index (χ4v) is 5.05. The smallest absolute Gasteiger partial charge is 0.264 e. The van der Waals surface area contributed by atoms with Crippen molar-refractivity contribution >= 4 is 27.1 Å². The Morgan fingerprint density at radius 1 is 1.13 bits per heavy atom. The van der Waals surface area contributed by atoms with Gasteiger partial charge in [-0.3, -0.25) is 4.31 Å². The first-order chi connectivity index (χ1) is 14.7. The van der Waals surface area contributed by atoms with E-state index >= 15 is 0 Å². The monoisotopic (exact) mass is 441 g/mol. The van der Waals surface area contributed by atoms with Gasteiger partial charge in [0.1, 0.15) is 5.75 Å². The number of ether oxygens (including phenoxy) is 1. The molecule has 0 amide bonds. The minimum Gasteiger partial charge on any atom is -0.497 e. The Bertz CT molecular complexity index is 1150. The molecule has 0 aliphatic rings. The van der Waals surface area contributed by atoms with Gasteiger partial charge in [0.05, 0.1) is 35.3 Å². The van der Waals surface area contributed by atoms with E-state index in [9.17, 15) is 8.42 Å². The van der Waals surface area contributed by atoms with Crippen molar-refractivity contribution in [1.29, 1.82) is 0 Å². The number of aryl methyl sites for hydroxylation is 1. The summed E-state index contributed by atoms with van der Waals surface area (Å²) < 4.78 is 33.7. The molecule has 164 valence electrons. The van der Waals surface area contributed by atoms with Gasteiger partial charge in [-0.05, 0) is 74.4 Å². The quantitative estimate of drug-likeness (QED) is 0.514. The number of hydrogen-bond donors (Lipinski definition) is 2. The number of hydrogen-bond acceptors (Lipinski definition) is 7. The van der Waals surface area contributed by atoms with Crippen molar-refractivity contribution in [1.82, 2.24) is 10.2 Å². The number of rotatable bonds is 8. The SMILES string of the molecule is COc1ccc(N(C(C)C)S(=O)(=O)c2ccc(NCc3ccnnc3)c(N)c2)c(C)c1. The van der Waals surface area contributed by atoms with Crippen LogP contribution in [0.25, 0.3) is 0 Å². The van der Waals surface area contributed by atoms with Crippen LogP contribution < -0.4 is 20.1 Å². The maximum atomic E-state index is 13.5. The number of sulfonamides is 1. The lowest BCUT2D eigenvalue weighted by Gasteiger charge is -2.30. The largest absolute Gasteiger partial charge is 0.497 e. The molecule has 0 atom stereocenters. The first-order valence-electron chi connectivity index (χ1n) is 9.82. The third-order valence-corrected chi connectivity index (χ3v) is 6.80. The van der Waals surface area contributed by atoms with Crippen molar-refractivity contribution in [2.75, 3.05) is 22.5 Å². The number of aromatic nitrogens is 2. The molecule has 0 aliphatic carbocycles. The first kappa shape index (κ1) is 22.4. The molecule has 8 nitrogen and oxygen atoms in total. The summed E-state index contributed by atoms with van der Waals surface area (Å²) in [6.07, 6.45) is 3.26. The molecular formula is C22H27N5O3S. The molecule has 0 unspecified atom stereocenters. The Morgan fingerprint density at radius 3 is 2.48 bits per heavy atom. The van der Waals surface area contributed by atoms with Gasteiger partial charge in [0.2, 0.25) is 0 Å². The van der Waals surface area contributed by atoms with Crippen molar-refractivity contribution < 1.29 is 13.2 Å². The normalized spacial score (nSPS) is 11.4. The van der Waals surface area contributed by atoms with Crippen molar-refractivity contribution in [2.45, 2.75) is 38.3 Å². The van der Waals surface area contributed by atoms with Crippen molar-refractivity contribution in [3.63, 3.8) is 0 Å². The van der Waals surface area contributed by atoms with Gasteiger partial charge in [-0.15, -0.1) is 0 Å². The molecule has 0 fully saturated rings. The van der Waals surface area contributed by atoms with Gasteiger partial charge in [-0.2, -0.15) is 10.2 Å². The highest BCUT2D eigenvalue weighted by atomic mass is 32.2. The van der Waals surface area contributed by atoms with E-state index in [1.165, 1.54) is 10.4 Å². The lowest BCUT2D eigenvalue weighted by atomic mass is 10.2. The number of benzene rings is 2. The Hall–Kier alpha value is -3.33. The third kappa shape index (κ3) is 4.88. The van der Waals surface area contributed by atoms with E-state index in [-0.39, 0.29) is 10.9 Å². The Labute approximate surface area is 183 Å². The van der Waals surface area contributed by atoms with Gasteiger partial charge in [0.25, 0.3) is 10.0 Å². The van der Waals surface area contributed by atoms with E-state index in [0.29, 0.717) is 29.4 Å². The highest BCUT2D eigenvalue weighted by molar-refractivity contribution is 7.92. The summed E-state index contributed by atoms with van der Waals surface area (Å²) in [5.74, 6) is 0.673. The predicted molar refractivity (Wildman–Crippen MR) is 123 cm³/mol. The molecule has 0 saturated heterocycles. The Kier molecular flexibility index (Phi) is 6.65. The van der Waals surface area contributed by atoms with E-state index in [0.717, 1.165) is 11.1 Å². The minimum atomic E-state index is -3.84. The molecule has 9 heteroatoms. The lowest BCUT2D eigenvalue weighted by molar-refractivity contribution is 0.414.